The molecule has 3 aromatic carbocycles. The van der Waals surface area contributed by atoms with E-state index in [2.05, 4.69) is 26.6 Å². The van der Waals surface area contributed by atoms with Gasteiger partial charge in [0.05, 0.1) is 37.1 Å². The van der Waals surface area contributed by atoms with E-state index in [0.29, 0.717) is 43.2 Å². The van der Waals surface area contributed by atoms with E-state index in [-0.39, 0.29) is 42.6 Å². The number of benzene rings is 3. The lowest BCUT2D eigenvalue weighted by Gasteiger charge is -2.35. The summed E-state index contributed by atoms with van der Waals surface area (Å²) in [5.41, 5.74) is 2.06. The molecular formula is C32H38BrClN4O5. The first-order valence-corrected chi connectivity index (χ1v) is 15.1. The van der Waals surface area contributed by atoms with Gasteiger partial charge in [-0.3, -0.25) is 14.4 Å². The molecule has 43 heavy (non-hydrogen) atoms. The van der Waals surface area contributed by atoms with Gasteiger partial charge in [-0.2, -0.15) is 0 Å². The van der Waals surface area contributed by atoms with Crippen LogP contribution in [0.5, 0.6) is 5.75 Å². The summed E-state index contributed by atoms with van der Waals surface area (Å²) in [4.78, 5) is 45.4. The van der Waals surface area contributed by atoms with Gasteiger partial charge in [0.15, 0.2) is 0 Å². The number of para-hydroxylation sites is 2. The Morgan fingerprint density at radius 3 is 2.42 bits per heavy atom. The highest BCUT2D eigenvalue weighted by molar-refractivity contribution is 9.10. The second-order valence-corrected chi connectivity index (χ2v) is 11.7. The van der Waals surface area contributed by atoms with Crippen LogP contribution in [0.1, 0.15) is 32.3 Å². The lowest BCUT2D eigenvalue weighted by atomic mass is 9.96. The van der Waals surface area contributed by atoms with Crippen molar-refractivity contribution in [2.75, 3.05) is 37.2 Å². The average Bonchev–Trinajstić information content (AvgIpc) is 3.09. The Morgan fingerprint density at radius 2 is 1.74 bits per heavy atom. The van der Waals surface area contributed by atoms with Crippen molar-refractivity contribution in [1.82, 2.24) is 10.6 Å². The minimum absolute atomic E-state index is 0. The number of halogens is 2. The number of anilines is 2. The number of nitrogens with zero attached hydrogens (tertiary/aromatic N) is 2. The van der Waals surface area contributed by atoms with Gasteiger partial charge in [-0.05, 0) is 74.8 Å². The Kier molecular flexibility index (Phi) is 10.7. The molecule has 0 bridgehead atoms. The van der Waals surface area contributed by atoms with Crippen molar-refractivity contribution in [3.63, 3.8) is 0 Å². The number of carbonyl (C=O) groups is 3. The lowest BCUT2D eigenvalue weighted by Crippen LogP contribution is -2.60. The molecule has 1 saturated heterocycles. The molecule has 0 aliphatic carbocycles. The number of ether oxygens (including phenoxy) is 2. The molecule has 2 aliphatic rings. The molecule has 1 fully saturated rings. The molecule has 230 valence electrons. The van der Waals surface area contributed by atoms with E-state index < -0.39 is 18.1 Å². The van der Waals surface area contributed by atoms with E-state index in [9.17, 15) is 14.4 Å². The van der Waals surface area contributed by atoms with Gasteiger partial charge in [-0.1, -0.05) is 40.2 Å². The monoisotopic (exact) mass is 672 g/mol. The SMILES string of the molecule is CNC(C)C(=O)N[C@@H]1C(=O)N(Cc2c(OC)ccc3c(Br)cccc23)c2ccccc2N(C(=O)C2CCOCC2)[C@H]1C.Cl. The van der Waals surface area contributed by atoms with Crippen molar-refractivity contribution >= 4 is 68.2 Å². The van der Waals surface area contributed by atoms with Crippen LogP contribution in [0.4, 0.5) is 11.4 Å². The molecule has 2 aliphatic heterocycles. The summed E-state index contributed by atoms with van der Waals surface area (Å²) in [6, 6.07) is 15.1. The van der Waals surface area contributed by atoms with E-state index in [0.717, 1.165) is 20.8 Å². The quantitative estimate of drug-likeness (QED) is 0.373. The third kappa shape index (κ3) is 6.38. The highest BCUT2D eigenvalue weighted by Gasteiger charge is 2.44. The van der Waals surface area contributed by atoms with E-state index in [4.69, 9.17) is 9.47 Å². The summed E-state index contributed by atoms with van der Waals surface area (Å²) in [6.45, 7) is 4.77. The Labute approximate surface area is 266 Å². The summed E-state index contributed by atoms with van der Waals surface area (Å²) in [5.74, 6) is -0.288. The van der Waals surface area contributed by atoms with Gasteiger partial charge in [0.2, 0.25) is 11.8 Å². The first-order chi connectivity index (χ1) is 20.3. The number of methoxy groups -OCH3 is 1. The first-order valence-electron chi connectivity index (χ1n) is 14.3. The van der Waals surface area contributed by atoms with Crippen LogP contribution < -0.4 is 25.2 Å². The lowest BCUT2D eigenvalue weighted by molar-refractivity contribution is -0.130. The molecule has 3 atom stereocenters. The summed E-state index contributed by atoms with van der Waals surface area (Å²) in [7, 11) is 3.30. The largest absolute Gasteiger partial charge is 0.496 e. The van der Waals surface area contributed by atoms with Crippen LogP contribution in [0.15, 0.2) is 59.1 Å². The average molecular weight is 674 g/mol. The number of amides is 3. The molecule has 11 heteroatoms. The van der Waals surface area contributed by atoms with Crippen LogP contribution in [0.3, 0.4) is 0 Å². The highest BCUT2D eigenvalue weighted by atomic mass is 79.9. The van der Waals surface area contributed by atoms with Gasteiger partial charge in [0, 0.05) is 29.2 Å². The van der Waals surface area contributed by atoms with Crippen molar-refractivity contribution in [3.8, 4) is 5.75 Å². The van der Waals surface area contributed by atoms with E-state index in [1.54, 1.807) is 30.9 Å². The van der Waals surface area contributed by atoms with Gasteiger partial charge >= 0.3 is 0 Å². The Bertz CT molecular complexity index is 1500. The summed E-state index contributed by atoms with van der Waals surface area (Å²) < 4.78 is 12.2. The number of rotatable bonds is 7. The number of nitrogens with one attached hydrogen (secondary N) is 2. The van der Waals surface area contributed by atoms with Crippen LogP contribution in [-0.4, -0.2) is 63.2 Å². The van der Waals surface area contributed by atoms with Crippen molar-refractivity contribution < 1.29 is 23.9 Å². The minimum Gasteiger partial charge on any atom is -0.496 e. The second kappa shape index (κ2) is 14.1. The number of fused-ring (bicyclic) bond motifs is 2. The van der Waals surface area contributed by atoms with Gasteiger partial charge < -0.3 is 29.9 Å². The summed E-state index contributed by atoms with van der Waals surface area (Å²) >= 11 is 3.65. The van der Waals surface area contributed by atoms with Gasteiger partial charge in [0.1, 0.15) is 11.8 Å². The van der Waals surface area contributed by atoms with Gasteiger partial charge in [-0.25, -0.2) is 0 Å². The summed E-state index contributed by atoms with van der Waals surface area (Å²) in [5, 5.41) is 7.84. The van der Waals surface area contributed by atoms with Crippen LogP contribution in [0.25, 0.3) is 10.8 Å². The fourth-order valence-electron chi connectivity index (χ4n) is 5.85. The van der Waals surface area contributed by atoms with E-state index in [1.807, 2.05) is 61.5 Å². The molecule has 9 nitrogen and oxygen atoms in total. The molecule has 0 aromatic heterocycles. The molecule has 2 N–H and O–H groups in total. The molecule has 1 unspecified atom stereocenters. The van der Waals surface area contributed by atoms with Gasteiger partial charge in [0.25, 0.3) is 5.91 Å². The van der Waals surface area contributed by atoms with E-state index in [1.165, 1.54) is 0 Å². The Hall–Kier alpha value is -3.18. The zero-order valence-corrected chi connectivity index (χ0v) is 27.2. The molecule has 5 rings (SSSR count). The number of carbonyl (C=O) groups excluding carboxylic acids is 3. The Balaban J connectivity index is 0.00000423. The van der Waals surface area contributed by atoms with Crippen molar-refractivity contribution in [3.05, 3.63) is 64.6 Å². The number of hydrogen-bond acceptors (Lipinski definition) is 6. The highest BCUT2D eigenvalue weighted by Crippen LogP contribution is 2.40. The third-order valence-electron chi connectivity index (χ3n) is 8.40. The molecule has 0 radical (unpaired) electrons. The molecule has 0 spiro atoms. The van der Waals surface area contributed by atoms with Crippen molar-refractivity contribution in [2.24, 2.45) is 5.92 Å². The standard InChI is InChI=1S/C32H37BrN4O5.ClH/c1-19(34-3)30(38)35-29-20(2)37(31(39)21-14-16-42-17-15-21)27-11-6-5-10-26(27)36(32(29)40)18-24-22-8-7-9-25(33)23(22)12-13-28(24)41-4;/h5-13,19-21,29,34H,14-18H2,1-4H3,(H,35,38);1H/t19?,20-,29-;/m0./s1. The molecule has 2 heterocycles. The maximum Gasteiger partial charge on any atom is 0.252 e. The van der Waals surface area contributed by atoms with Crippen LogP contribution >= 0.6 is 28.3 Å². The minimum atomic E-state index is -0.989. The third-order valence-corrected chi connectivity index (χ3v) is 9.09. The fourth-order valence-corrected chi connectivity index (χ4v) is 6.35. The normalized spacial score (nSPS) is 19.7. The Morgan fingerprint density at radius 1 is 1.05 bits per heavy atom. The van der Waals surface area contributed by atoms with Crippen LogP contribution in [0, 0.1) is 5.92 Å². The van der Waals surface area contributed by atoms with E-state index >= 15 is 0 Å². The van der Waals surface area contributed by atoms with Gasteiger partial charge in [-0.15, -0.1) is 12.4 Å². The van der Waals surface area contributed by atoms with Crippen molar-refractivity contribution in [2.45, 2.75) is 51.4 Å². The topological polar surface area (TPSA) is 100 Å². The van der Waals surface area contributed by atoms with Crippen LogP contribution in [0.2, 0.25) is 0 Å². The zero-order valence-electron chi connectivity index (χ0n) is 24.8. The number of likely N-dealkylation sites (N-methyl/N-ethyl adjacent to an activating group) is 1. The van der Waals surface area contributed by atoms with Crippen molar-refractivity contribution in [1.29, 1.82) is 0 Å². The second-order valence-electron chi connectivity index (χ2n) is 10.8. The zero-order chi connectivity index (χ0) is 30.0. The molecular weight excluding hydrogens is 636 g/mol. The molecule has 3 aromatic rings. The molecule has 0 saturated carbocycles. The maximum absolute atomic E-state index is 14.6. The molecule has 3 amide bonds. The number of hydrogen-bond donors (Lipinski definition) is 2. The van der Waals surface area contributed by atoms with Crippen LogP contribution in [-0.2, 0) is 25.7 Å². The maximum atomic E-state index is 14.6. The predicted octanol–water partition coefficient (Wildman–Crippen LogP) is 4.82. The predicted molar refractivity (Wildman–Crippen MR) is 174 cm³/mol. The first kappa shape index (κ1) is 32.7. The summed E-state index contributed by atoms with van der Waals surface area (Å²) in [6.07, 6.45) is 1.22. The smallest absolute Gasteiger partial charge is 0.252 e. The fraction of sp³-hybridized carbons (Fsp3) is 0.406.